The highest BCUT2D eigenvalue weighted by Crippen LogP contribution is 2.20. The lowest BCUT2D eigenvalue weighted by Gasteiger charge is -2.08. The molecule has 0 aliphatic heterocycles. The summed E-state index contributed by atoms with van der Waals surface area (Å²) in [4.78, 5) is 3.24. The van der Waals surface area contributed by atoms with Crippen molar-refractivity contribution in [2.75, 3.05) is 0 Å². The zero-order chi connectivity index (χ0) is 7.40. The van der Waals surface area contributed by atoms with Gasteiger partial charge >= 0.3 is 0 Å². The Hall–Kier alpha value is -0.720. The standard InChI is InChI=1S/C9H15N/c1-3-8(4-2)9-6-5-7-10-9/h5-8,10H,3-4H2,1-2H3. The molecule has 0 radical (unpaired) electrons. The summed E-state index contributed by atoms with van der Waals surface area (Å²) in [5.41, 5.74) is 1.38. The van der Waals surface area contributed by atoms with Gasteiger partial charge < -0.3 is 4.98 Å². The molecule has 1 rings (SSSR count). The van der Waals surface area contributed by atoms with Gasteiger partial charge in [-0.1, -0.05) is 13.8 Å². The van der Waals surface area contributed by atoms with Crippen LogP contribution in [0.1, 0.15) is 38.3 Å². The van der Waals surface area contributed by atoms with E-state index < -0.39 is 0 Å². The van der Waals surface area contributed by atoms with Crippen LogP contribution in [-0.4, -0.2) is 4.98 Å². The highest BCUT2D eigenvalue weighted by molar-refractivity contribution is 5.09. The fraction of sp³-hybridized carbons (Fsp3) is 0.556. The largest absolute Gasteiger partial charge is 0.365 e. The van der Waals surface area contributed by atoms with Crippen LogP contribution in [0.4, 0.5) is 0 Å². The van der Waals surface area contributed by atoms with Gasteiger partial charge in [0.2, 0.25) is 0 Å². The Bertz CT molecular complexity index is 161. The number of aromatic amines is 1. The lowest BCUT2D eigenvalue weighted by molar-refractivity contribution is 0.627. The number of rotatable bonds is 3. The predicted octanol–water partition coefficient (Wildman–Crippen LogP) is 2.92. The maximum absolute atomic E-state index is 3.24. The summed E-state index contributed by atoms with van der Waals surface area (Å²) in [5.74, 6) is 0.731. The molecule has 1 heterocycles. The second-order valence-corrected chi connectivity index (χ2v) is 2.64. The molecule has 0 aromatic carbocycles. The van der Waals surface area contributed by atoms with Gasteiger partial charge in [-0.2, -0.15) is 0 Å². The van der Waals surface area contributed by atoms with E-state index >= 15 is 0 Å². The molecule has 1 aromatic rings. The van der Waals surface area contributed by atoms with E-state index in [1.807, 2.05) is 6.20 Å². The molecule has 0 unspecified atom stereocenters. The van der Waals surface area contributed by atoms with Crippen LogP contribution in [0.5, 0.6) is 0 Å². The average Bonchev–Trinajstić information content (AvgIpc) is 2.43. The topological polar surface area (TPSA) is 15.8 Å². The monoisotopic (exact) mass is 137 g/mol. The van der Waals surface area contributed by atoms with Crippen LogP contribution in [0.3, 0.4) is 0 Å². The summed E-state index contributed by atoms with van der Waals surface area (Å²) in [7, 11) is 0. The molecule has 0 fully saturated rings. The van der Waals surface area contributed by atoms with Crippen molar-refractivity contribution in [1.29, 1.82) is 0 Å². The maximum atomic E-state index is 3.24. The second kappa shape index (κ2) is 3.45. The van der Waals surface area contributed by atoms with E-state index in [4.69, 9.17) is 0 Å². The van der Waals surface area contributed by atoms with Crippen molar-refractivity contribution in [3.05, 3.63) is 24.0 Å². The second-order valence-electron chi connectivity index (χ2n) is 2.64. The highest BCUT2D eigenvalue weighted by atomic mass is 14.7. The molecule has 0 bridgehead atoms. The van der Waals surface area contributed by atoms with Crippen molar-refractivity contribution in [3.8, 4) is 0 Å². The van der Waals surface area contributed by atoms with E-state index in [0.29, 0.717) is 0 Å². The molecule has 0 amide bonds. The highest BCUT2D eigenvalue weighted by Gasteiger charge is 2.05. The number of hydrogen-bond acceptors (Lipinski definition) is 0. The molecule has 1 aromatic heterocycles. The van der Waals surface area contributed by atoms with Crippen LogP contribution in [0.2, 0.25) is 0 Å². The molecular formula is C9H15N. The molecule has 0 atom stereocenters. The van der Waals surface area contributed by atoms with E-state index in [0.717, 1.165) is 5.92 Å². The van der Waals surface area contributed by atoms with Gasteiger partial charge in [-0.3, -0.25) is 0 Å². The summed E-state index contributed by atoms with van der Waals surface area (Å²) < 4.78 is 0. The first-order chi connectivity index (χ1) is 4.88. The first kappa shape index (κ1) is 7.39. The zero-order valence-corrected chi connectivity index (χ0v) is 6.72. The molecule has 0 spiro atoms. The minimum atomic E-state index is 0.731. The van der Waals surface area contributed by atoms with Crippen LogP contribution in [0, 0.1) is 0 Å². The van der Waals surface area contributed by atoms with Gasteiger partial charge in [0, 0.05) is 11.9 Å². The van der Waals surface area contributed by atoms with Gasteiger partial charge in [-0.15, -0.1) is 0 Å². The Morgan fingerprint density at radius 2 is 2.10 bits per heavy atom. The number of aromatic nitrogens is 1. The summed E-state index contributed by atoms with van der Waals surface area (Å²) in [6.45, 7) is 4.46. The average molecular weight is 137 g/mol. The van der Waals surface area contributed by atoms with Crippen LogP contribution in [-0.2, 0) is 0 Å². The minimum Gasteiger partial charge on any atom is -0.365 e. The van der Waals surface area contributed by atoms with Crippen LogP contribution in [0.15, 0.2) is 18.3 Å². The third kappa shape index (κ3) is 1.41. The van der Waals surface area contributed by atoms with Gasteiger partial charge in [0.05, 0.1) is 0 Å². The summed E-state index contributed by atoms with van der Waals surface area (Å²) in [5, 5.41) is 0. The Balaban J connectivity index is 2.64. The third-order valence-corrected chi connectivity index (χ3v) is 2.05. The van der Waals surface area contributed by atoms with Crippen molar-refractivity contribution >= 4 is 0 Å². The summed E-state index contributed by atoms with van der Waals surface area (Å²) in [6.07, 6.45) is 4.46. The molecular weight excluding hydrogens is 122 g/mol. The Labute approximate surface area is 62.5 Å². The van der Waals surface area contributed by atoms with Crippen molar-refractivity contribution in [1.82, 2.24) is 4.98 Å². The van der Waals surface area contributed by atoms with Gasteiger partial charge in [-0.25, -0.2) is 0 Å². The molecule has 0 aliphatic carbocycles. The van der Waals surface area contributed by atoms with Crippen molar-refractivity contribution in [2.45, 2.75) is 32.6 Å². The number of H-pyrrole nitrogens is 1. The molecule has 0 aliphatic rings. The predicted molar refractivity (Wildman–Crippen MR) is 44.1 cm³/mol. The van der Waals surface area contributed by atoms with E-state index in [9.17, 15) is 0 Å². The van der Waals surface area contributed by atoms with Gasteiger partial charge in [-0.05, 0) is 30.9 Å². The summed E-state index contributed by atoms with van der Waals surface area (Å²) in [6, 6.07) is 4.23. The van der Waals surface area contributed by atoms with Crippen molar-refractivity contribution in [2.24, 2.45) is 0 Å². The molecule has 1 heteroatoms. The lowest BCUT2D eigenvalue weighted by Crippen LogP contribution is -1.94. The third-order valence-electron chi connectivity index (χ3n) is 2.05. The van der Waals surface area contributed by atoms with Crippen LogP contribution < -0.4 is 0 Å². The van der Waals surface area contributed by atoms with Crippen LogP contribution >= 0.6 is 0 Å². The fourth-order valence-electron chi connectivity index (χ4n) is 1.33. The van der Waals surface area contributed by atoms with Gasteiger partial charge in [0.1, 0.15) is 0 Å². The molecule has 1 N–H and O–H groups in total. The maximum Gasteiger partial charge on any atom is 0.0178 e. The SMILES string of the molecule is CCC(CC)c1ccc[nH]1. The van der Waals surface area contributed by atoms with E-state index in [1.54, 1.807) is 0 Å². The Morgan fingerprint density at radius 3 is 2.50 bits per heavy atom. The van der Waals surface area contributed by atoms with Crippen molar-refractivity contribution < 1.29 is 0 Å². The quantitative estimate of drug-likeness (QED) is 0.659. The minimum absolute atomic E-state index is 0.731. The van der Waals surface area contributed by atoms with E-state index in [2.05, 4.69) is 31.0 Å². The fourth-order valence-corrected chi connectivity index (χ4v) is 1.33. The Kier molecular flexibility index (Phi) is 2.55. The van der Waals surface area contributed by atoms with Gasteiger partial charge in [0.15, 0.2) is 0 Å². The first-order valence-electron chi connectivity index (χ1n) is 4.01. The molecule has 1 nitrogen and oxygen atoms in total. The van der Waals surface area contributed by atoms with Gasteiger partial charge in [0.25, 0.3) is 0 Å². The first-order valence-corrected chi connectivity index (χ1v) is 4.01. The zero-order valence-electron chi connectivity index (χ0n) is 6.72. The smallest absolute Gasteiger partial charge is 0.0178 e. The van der Waals surface area contributed by atoms with Crippen molar-refractivity contribution in [3.63, 3.8) is 0 Å². The summed E-state index contributed by atoms with van der Waals surface area (Å²) >= 11 is 0. The van der Waals surface area contributed by atoms with E-state index in [1.165, 1.54) is 18.5 Å². The number of nitrogens with one attached hydrogen (secondary N) is 1. The molecule has 56 valence electrons. The lowest BCUT2D eigenvalue weighted by atomic mass is 10.0. The molecule has 0 saturated carbocycles. The van der Waals surface area contributed by atoms with Crippen LogP contribution in [0.25, 0.3) is 0 Å². The molecule has 10 heavy (non-hydrogen) atoms. The Morgan fingerprint density at radius 1 is 1.40 bits per heavy atom. The normalized spacial score (nSPS) is 10.7. The molecule has 0 saturated heterocycles. The van der Waals surface area contributed by atoms with E-state index in [-0.39, 0.29) is 0 Å². The number of hydrogen-bond donors (Lipinski definition) is 1.